The second-order valence-corrected chi connectivity index (χ2v) is 5.86. The summed E-state index contributed by atoms with van der Waals surface area (Å²) in [6, 6.07) is 16.1. The van der Waals surface area contributed by atoms with E-state index in [9.17, 15) is 14.4 Å². The molecule has 3 amide bonds. The van der Waals surface area contributed by atoms with Crippen molar-refractivity contribution in [3.8, 4) is 0 Å². The molecule has 0 aliphatic rings. The Labute approximate surface area is 158 Å². The molecule has 0 saturated heterocycles. The Hall–Kier alpha value is -3.19. The third-order valence-electron chi connectivity index (χ3n) is 3.82. The molecule has 0 heterocycles. The van der Waals surface area contributed by atoms with Crippen LogP contribution in [-0.4, -0.2) is 36.9 Å². The van der Waals surface area contributed by atoms with E-state index in [2.05, 4.69) is 10.6 Å². The van der Waals surface area contributed by atoms with Crippen molar-refractivity contribution in [1.82, 2.24) is 10.4 Å². The lowest BCUT2D eigenvalue weighted by Crippen LogP contribution is -2.27. The van der Waals surface area contributed by atoms with Crippen LogP contribution in [0.1, 0.15) is 28.8 Å². The molecule has 142 valence electrons. The van der Waals surface area contributed by atoms with Crippen molar-refractivity contribution in [1.29, 1.82) is 0 Å². The Morgan fingerprint density at radius 2 is 1.74 bits per heavy atom. The van der Waals surface area contributed by atoms with E-state index in [0.29, 0.717) is 11.3 Å². The molecule has 0 unspecified atom stereocenters. The highest BCUT2D eigenvalue weighted by atomic mass is 16.7. The molecule has 0 aliphatic heterocycles. The van der Waals surface area contributed by atoms with Crippen molar-refractivity contribution < 1.29 is 19.2 Å². The minimum absolute atomic E-state index is 0.0159. The van der Waals surface area contributed by atoms with Gasteiger partial charge in [-0.1, -0.05) is 36.4 Å². The van der Waals surface area contributed by atoms with E-state index in [1.165, 1.54) is 14.1 Å². The van der Waals surface area contributed by atoms with Crippen LogP contribution in [0.3, 0.4) is 0 Å². The predicted molar refractivity (Wildman–Crippen MR) is 102 cm³/mol. The number of hydrogen-bond donors (Lipinski definition) is 2. The number of hydroxylamine groups is 2. The maximum absolute atomic E-state index is 12.1. The van der Waals surface area contributed by atoms with Crippen LogP contribution < -0.4 is 10.6 Å². The molecule has 0 aliphatic carbocycles. The van der Waals surface area contributed by atoms with Gasteiger partial charge in [0.05, 0.1) is 0 Å². The number of nitrogens with one attached hydrogen (secondary N) is 2. The maximum Gasteiger partial charge on any atom is 0.251 e. The monoisotopic (exact) mass is 369 g/mol. The standard InChI is InChI=1S/C20H23N3O4/c1-21-20(26)16-9-6-10-17(13-16)22-18(24)11-12-19(25)23(2)27-14-15-7-4-3-5-8-15/h3-10,13H,11-12,14H2,1-2H3,(H,21,26)(H,22,24). The van der Waals surface area contributed by atoms with Crippen molar-refractivity contribution in [3.63, 3.8) is 0 Å². The molecule has 0 spiro atoms. The Kier molecular flexibility index (Phi) is 7.51. The number of carbonyl (C=O) groups is 3. The smallest absolute Gasteiger partial charge is 0.251 e. The minimum Gasteiger partial charge on any atom is -0.355 e. The molecule has 0 radical (unpaired) electrons. The second kappa shape index (κ2) is 10.1. The van der Waals surface area contributed by atoms with Gasteiger partial charge in [-0.2, -0.15) is 0 Å². The molecule has 0 aromatic heterocycles. The summed E-state index contributed by atoms with van der Waals surface area (Å²) in [5, 5.41) is 6.35. The highest BCUT2D eigenvalue weighted by molar-refractivity contribution is 5.97. The number of amides is 3. The fraction of sp³-hybridized carbons (Fsp3) is 0.250. The number of carbonyl (C=O) groups excluding carboxylic acids is 3. The lowest BCUT2D eigenvalue weighted by molar-refractivity contribution is -0.182. The molecule has 2 aromatic rings. The first-order chi connectivity index (χ1) is 13.0. The van der Waals surface area contributed by atoms with E-state index < -0.39 is 0 Å². The van der Waals surface area contributed by atoms with Gasteiger partial charge in [0.1, 0.15) is 6.61 Å². The van der Waals surface area contributed by atoms with E-state index >= 15 is 0 Å². The summed E-state index contributed by atoms with van der Waals surface area (Å²) in [6.45, 7) is 0.279. The SMILES string of the molecule is CNC(=O)c1cccc(NC(=O)CCC(=O)N(C)OCc2ccccc2)c1. The first-order valence-electron chi connectivity index (χ1n) is 8.55. The second-order valence-electron chi connectivity index (χ2n) is 5.86. The fourth-order valence-electron chi connectivity index (χ4n) is 2.30. The number of hydrogen-bond acceptors (Lipinski definition) is 4. The van der Waals surface area contributed by atoms with Gasteiger partial charge in [0.2, 0.25) is 11.8 Å². The van der Waals surface area contributed by atoms with Gasteiger partial charge in [-0.25, -0.2) is 5.06 Å². The van der Waals surface area contributed by atoms with Crippen molar-refractivity contribution >= 4 is 23.4 Å². The van der Waals surface area contributed by atoms with Gasteiger partial charge in [-0.3, -0.25) is 19.2 Å². The third kappa shape index (κ3) is 6.56. The first kappa shape index (κ1) is 20.1. The number of rotatable bonds is 8. The average molecular weight is 369 g/mol. The summed E-state index contributed by atoms with van der Waals surface area (Å²) in [7, 11) is 3.06. The highest BCUT2D eigenvalue weighted by Crippen LogP contribution is 2.12. The van der Waals surface area contributed by atoms with Crippen LogP contribution in [0, 0.1) is 0 Å². The number of nitrogens with zero attached hydrogens (tertiary/aromatic N) is 1. The number of benzene rings is 2. The Balaban J connectivity index is 1.77. The fourth-order valence-corrected chi connectivity index (χ4v) is 2.30. The van der Waals surface area contributed by atoms with Crippen LogP contribution in [0.4, 0.5) is 5.69 Å². The quantitative estimate of drug-likeness (QED) is 0.699. The van der Waals surface area contributed by atoms with Crippen LogP contribution in [0.2, 0.25) is 0 Å². The van der Waals surface area contributed by atoms with Crippen molar-refractivity contribution in [2.24, 2.45) is 0 Å². The largest absolute Gasteiger partial charge is 0.355 e. The molecule has 2 N–H and O–H groups in total. The van der Waals surface area contributed by atoms with Gasteiger partial charge in [0.25, 0.3) is 5.91 Å². The first-order valence-corrected chi connectivity index (χ1v) is 8.55. The van der Waals surface area contributed by atoms with Gasteiger partial charge >= 0.3 is 0 Å². The van der Waals surface area contributed by atoms with Crippen molar-refractivity contribution in [3.05, 3.63) is 65.7 Å². The van der Waals surface area contributed by atoms with Gasteiger partial charge in [0.15, 0.2) is 0 Å². The van der Waals surface area contributed by atoms with Crippen LogP contribution >= 0.6 is 0 Å². The van der Waals surface area contributed by atoms with Crippen LogP contribution in [0.5, 0.6) is 0 Å². The minimum atomic E-state index is -0.311. The van der Waals surface area contributed by atoms with Crippen molar-refractivity contribution in [2.75, 3.05) is 19.4 Å². The topological polar surface area (TPSA) is 87.7 Å². The third-order valence-corrected chi connectivity index (χ3v) is 3.82. The van der Waals surface area contributed by atoms with E-state index in [1.807, 2.05) is 30.3 Å². The van der Waals surface area contributed by atoms with E-state index in [4.69, 9.17) is 4.84 Å². The lowest BCUT2D eigenvalue weighted by Gasteiger charge is -2.16. The number of anilines is 1. The molecule has 0 atom stereocenters. The van der Waals surface area contributed by atoms with Gasteiger partial charge in [-0.15, -0.1) is 0 Å². The Bertz CT molecular complexity index is 793. The predicted octanol–water partition coefficient (Wildman–Crippen LogP) is 2.36. The summed E-state index contributed by atoms with van der Waals surface area (Å²) in [5.41, 5.74) is 1.90. The van der Waals surface area contributed by atoms with Crippen LogP contribution in [-0.2, 0) is 21.0 Å². The van der Waals surface area contributed by atoms with Crippen LogP contribution in [0.25, 0.3) is 0 Å². The van der Waals surface area contributed by atoms with Gasteiger partial charge in [0, 0.05) is 38.2 Å². The summed E-state index contributed by atoms with van der Waals surface area (Å²) in [4.78, 5) is 41.1. The molecular formula is C20H23N3O4. The van der Waals surface area contributed by atoms with E-state index in [-0.39, 0.29) is 37.2 Å². The van der Waals surface area contributed by atoms with E-state index in [1.54, 1.807) is 24.3 Å². The summed E-state index contributed by atoms with van der Waals surface area (Å²) >= 11 is 0. The van der Waals surface area contributed by atoms with E-state index in [0.717, 1.165) is 10.6 Å². The molecular weight excluding hydrogens is 346 g/mol. The maximum atomic E-state index is 12.1. The zero-order valence-corrected chi connectivity index (χ0v) is 15.4. The Morgan fingerprint density at radius 1 is 1.00 bits per heavy atom. The van der Waals surface area contributed by atoms with Gasteiger partial charge < -0.3 is 10.6 Å². The molecule has 2 aromatic carbocycles. The lowest BCUT2D eigenvalue weighted by atomic mass is 10.2. The summed E-state index contributed by atoms with van der Waals surface area (Å²) in [6.07, 6.45) is 0.0360. The summed E-state index contributed by atoms with van der Waals surface area (Å²) in [5.74, 6) is -0.840. The van der Waals surface area contributed by atoms with Gasteiger partial charge in [-0.05, 0) is 23.8 Å². The molecule has 7 nitrogen and oxygen atoms in total. The van der Waals surface area contributed by atoms with Crippen LogP contribution in [0.15, 0.2) is 54.6 Å². The molecule has 7 heteroatoms. The molecule has 0 saturated carbocycles. The highest BCUT2D eigenvalue weighted by Gasteiger charge is 2.13. The Morgan fingerprint density at radius 3 is 2.44 bits per heavy atom. The summed E-state index contributed by atoms with van der Waals surface area (Å²) < 4.78 is 0. The normalized spacial score (nSPS) is 10.1. The molecule has 0 fully saturated rings. The molecule has 2 rings (SSSR count). The molecule has 27 heavy (non-hydrogen) atoms. The van der Waals surface area contributed by atoms with Crippen molar-refractivity contribution in [2.45, 2.75) is 19.4 Å². The molecule has 0 bridgehead atoms. The zero-order chi connectivity index (χ0) is 19.6. The average Bonchev–Trinajstić information content (AvgIpc) is 2.70. The zero-order valence-electron chi connectivity index (χ0n) is 15.4.